The molecule has 0 heterocycles. The van der Waals surface area contributed by atoms with Crippen LogP contribution in [-0.4, -0.2) is 32.7 Å². The van der Waals surface area contributed by atoms with E-state index in [0.29, 0.717) is 17.5 Å². The van der Waals surface area contributed by atoms with E-state index in [4.69, 9.17) is 9.47 Å². The summed E-state index contributed by atoms with van der Waals surface area (Å²) in [5, 5.41) is 6.19. The van der Waals surface area contributed by atoms with Gasteiger partial charge in [0.2, 0.25) is 5.91 Å². The number of carbonyl (C=O) groups is 1. The molecule has 116 valence electrons. The van der Waals surface area contributed by atoms with Gasteiger partial charge in [-0.05, 0) is 12.8 Å². The number of methoxy groups -OCH3 is 2. The Morgan fingerprint density at radius 1 is 1.10 bits per heavy atom. The lowest BCUT2D eigenvalue weighted by atomic mass is 9.95. The van der Waals surface area contributed by atoms with Crippen molar-refractivity contribution in [1.82, 2.24) is 5.32 Å². The quantitative estimate of drug-likeness (QED) is 0.846. The van der Waals surface area contributed by atoms with Gasteiger partial charge in [-0.2, -0.15) is 0 Å². The molecular formula is C16H24N2O3. The summed E-state index contributed by atoms with van der Waals surface area (Å²) < 4.78 is 10.4. The Morgan fingerprint density at radius 2 is 1.71 bits per heavy atom. The Bertz CT molecular complexity index is 448. The molecule has 0 radical (unpaired) electrons. The highest BCUT2D eigenvalue weighted by molar-refractivity contribution is 5.81. The first kappa shape index (κ1) is 15.5. The van der Waals surface area contributed by atoms with Crippen molar-refractivity contribution < 1.29 is 14.3 Å². The number of amides is 1. The summed E-state index contributed by atoms with van der Waals surface area (Å²) in [5.41, 5.74) is 0.810. The van der Waals surface area contributed by atoms with E-state index < -0.39 is 0 Å². The molecule has 21 heavy (non-hydrogen) atoms. The highest BCUT2D eigenvalue weighted by atomic mass is 16.5. The van der Waals surface area contributed by atoms with Crippen LogP contribution in [0.2, 0.25) is 0 Å². The van der Waals surface area contributed by atoms with Gasteiger partial charge in [0.05, 0.1) is 20.8 Å². The van der Waals surface area contributed by atoms with E-state index in [1.807, 2.05) is 12.1 Å². The minimum absolute atomic E-state index is 0.0312. The predicted molar refractivity (Wildman–Crippen MR) is 83.1 cm³/mol. The SMILES string of the molecule is COc1cc(NCC(=O)NC2CCCCC2)cc(OC)c1. The summed E-state index contributed by atoms with van der Waals surface area (Å²) in [6.45, 7) is 0.257. The van der Waals surface area contributed by atoms with Crippen molar-refractivity contribution in [2.45, 2.75) is 38.1 Å². The van der Waals surface area contributed by atoms with Gasteiger partial charge in [-0.25, -0.2) is 0 Å². The zero-order chi connectivity index (χ0) is 15.1. The van der Waals surface area contributed by atoms with Gasteiger partial charge in [0.1, 0.15) is 11.5 Å². The maximum absolute atomic E-state index is 12.0. The third-order valence-corrected chi connectivity index (χ3v) is 3.77. The first-order chi connectivity index (χ1) is 10.2. The molecule has 2 rings (SSSR count). The minimum Gasteiger partial charge on any atom is -0.497 e. The van der Waals surface area contributed by atoms with E-state index in [9.17, 15) is 4.79 Å². The van der Waals surface area contributed by atoms with Gasteiger partial charge in [-0.15, -0.1) is 0 Å². The summed E-state index contributed by atoms with van der Waals surface area (Å²) in [6, 6.07) is 5.83. The standard InChI is InChI=1S/C16H24N2O3/c1-20-14-8-13(9-15(10-14)21-2)17-11-16(19)18-12-6-4-3-5-7-12/h8-10,12,17H,3-7,11H2,1-2H3,(H,18,19). The maximum Gasteiger partial charge on any atom is 0.239 e. The van der Waals surface area contributed by atoms with Gasteiger partial charge in [-0.3, -0.25) is 4.79 Å². The van der Waals surface area contributed by atoms with Gasteiger partial charge >= 0.3 is 0 Å². The largest absolute Gasteiger partial charge is 0.497 e. The van der Waals surface area contributed by atoms with Crippen molar-refractivity contribution >= 4 is 11.6 Å². The maximum atomic E-state index is 12.0. The molecule has 0 saturated heterocycles. The Morgan fingerprint density at radius 3 is 2.29 bits per heavy atom. The van der Waals surface area contributed by atoms with Crippen LogP contribution < -0.4 is 20.1 Å². The fourth-order valence-corrected chi connectivity index (χ4v) is 2.62. The molecular weight excluding hydrogens is 268 g/mol. The van der Waals surface area contributed by atoms with Crippen molar-refractivity contribution in [1.29, 1.82) is 0 Å². The zero-order valence-electron chi connectivity index (χ0n) is 12.8. The van der Waals surface area contributed by atoms with Crippen LogP contribution >= 0.6 is 0 Å². The second kappa shape index (κ2) is 7.76. The second-order valence-electron chi connectivity index (χ2n) is 5.36. The molecule has 0 bridgehead atoms. The van der Waals surface area contributed by atoms with Gasteiger partial charge in [-0.1, -0.05) is 19.3 Å². The lowest BCUT2D eigenvalue weighted by Gasteiger charge is -2.23. The van der Waals surface area contributed by atoms with Crippen molar-refractivity contribution in [3.05, 3.63) is 18.2 Å². The third kappa shape index (κ3) is 4.85. The van der Waals surface area contributed by atoms with Crippen LogP contribution in [0.3, 0.4) is 0 Å². The molecule has 0 atom stereocenters. The van der Waals surface area contributed by atoms with Crippen LogP contribution in [0.5, 0.6) is 11.5 Å². The average Bonchev–Trinajstić information content (AvgIpc) is 2.53. The van der Waals surface area contributed by atoms with E-state index in [0.717, 1.165) is 18.5 Å². The molecule has 1 aromatic carbocycles. The summed E-state index contributed by atoms with van der Waals surface area (Å²) in [5.74, 6) is 1.43. The Kier molecular flexibility index (Phi) is 5.72. The van der Waals surface area contributed by atoms with Crippen LogP contribution in [0, 0.1) is 0 Å². The van der Waals surface area contributed by atoms with Crippen LogP contribution in [0.1, 0.15) is 32.1 Å². The van der Waals surface area contributed by atoms with Crippen molar-refractivity contribution in [3.63, 3.8) is 0 Å². The van der Waals surface area contributed by atoms with Crippen LogP contribution in [0.15, 0.2) is 18.2 Å². The summed E-state index contributed by atoms with van der Waals surface area (Å²) in [7, 11) is 3.21. The second-order valence-corrected chi connectivity index (χ2v) is 5.36. The van der Waals surface area contributed by atoms with Gasteiger partial charge < -0.3 is 20.1 Å². The van der Waals surface area contributed by atoms with Crippen LogP contribution in [0.4, 0.5) is 5.69 Å². The molecule has 1 aliphatic rings. The summed E-state index contributed by atoms with van der Waals surface area (Å²) >= 11 is 0. The van der Waals surface area contributed by atoms with E-state index in [2.05, 4.69) is 10.6 Å². The molecule has 0 spiro atoms. The highest BCUT2D eigenvalue weighted by Gasteiger charge is 2.15. The van der Waals surface area contributed by atoms with Crippen molar-refractivity contribution in [2.24, 2.45) is 0 Å². The number of anilines is 1. The molecule has 2 N–H and O–H groups in total. The van der Waals surface area contributed by atoms with E-state index in [1.165, 1.54) is 19.3 Å². The van der Waals surface area contributed by atoms with Crippen molar-refractivity contribution in [3.8, 4) is 11.5 Å². The number of hydrogen-bond acceptors (Lipinski definition) is 4. The molecule has 1 fully saturated rings. The first-order valence-corrected chi connectivity index (χ1v) is 7.47. The lowest BCUT2D eigenvalue weighted by molar-refractivity contribution is -0.120. The fraction of sp³-hybridized carbons (Fsp3) is 0.562. The molecule has 1 aromatic rings. The third-order valence-electron chi connectivity index (χ3n) is 3.77. The molecule has 1 saturated carbocycles. The zero-order valence-corrected chi connectivity index (χ0v) is 12.8. The van der Waals surface area contributed by atoms with Crippen molar-refractivity contribution in [2.75, 3.05) is 26.1 Å². The first-order valence-electron chi connectivity index (χ1n) is 7.47. The number of ether oxygens (including phenoxy) is 2. The Labute approximate surface area is 126 Å². The fourth-order valence-electron chi connectivity index (χ4n) is 2.62. The number of carbonyl (C=O) groups excluding carboxylic acids is 1. The monoisotopic (exact) mass is 292 g/mol. The number of nitrogens with one attached hydrogen (secondary N) is 2. The van der Waals surface area contributed by atoms with E-state index >= 15 is 0 Å². The van der Waals surface area contributed by atoms with Gasteiger partial charge in [0.15, 0.2) is 0 Å². The van der Waals surface area contributed by atoms with Crippen LogP contribution in [-0.2, 0) is 4.79 Å². The molecule has 1 amide bonds. The van der Waals surface area contributed by atoms with E-state index in [1.54, 1.807) is 20.3 Å². The molecule has 5 heteroatoms. The Hall–Kier alpha value is -1.91. The average molecular weight is 292 g/mol. The molecule has 0 aliphatic heterocycles. The highest BCUT2D eigenvalue weighted by Crippen LogP contribution is 2.25. The molecule has 1 aliphatic carbocycles. The number of hydrogen-bond donors (Lipinski definition) is 2. The number of benzene rings is 1. The predicted octanol–water partition coefficient (Wildman–Crippen LogP) is 2.56. The topological polar surface area (TPSA) is 59.6 Å². The smallest absolute Gasteiger partial charge is 0.239 e. The van der Waals surface area contributed by atoms with Gasteiger partial charge in [0, 0.05) is 29.9 Å². The lowest BCUT2D eigenvalue weighted by Crippen LogP contribution is -2.39. The molecule has 0 unspecified atom stereocenters. The summed E-state index contributed by atoms with van der Waals surface area (Å²) in [6.07, 6.45) is 5.91. The van der Waals surface area contributed by atoms with Crippen LogP contribution in [0.25, 0.3) is 0 Å². The number of rotatable bonds is 6. The normalized spacial score (nSPS) is 15.3. The minimum atomic E-state index is 0.0312. The summed E-state index contributed by atoms with van der Waals surface area (Å²) in [4.78, 5) is 12.0. The van der Waals surface area contributed by atoms with E-state index in [-0.39, 0.29) is 12.5 Å². The van der Waals surface area contributed by atoms with Gasteiger partial charge in [0.25, 0.3) is 0 Å². The Balaban J connectivity index is 1.85. The molecule has 5 nitrogen and oxygen atoms in total. The molecule has 0 aromatic heterocycles.